The lowest BCUT2D eigenvalue weighted by Crippen LogP contribution is -2.36. The van der Waals surface area contributed by atoms with Gasteiger partial charge in [-0.3, -0.25) is 9.69 Å². The Morgan fingerprint density at radius 3 is 2.78 bits per heavy atom. The maximum Gasteiger partial charge on any atom is 0.255 e. The van der Waals surface area contributed by atoms with E-state index < -0.39 is 13.0 Å². The largest absolute Gasteiger partial charge is 0.350 e. The number of hydrogen-bond acceptors (Lipinski definition) is 4. The molecule has 0 atom stereocenters. The van der Waals surface area contributed by atoms with Gasteiger partial charge >= 0.3 is 0 Å². The number of nitrogens with one attached hydrogen (secondary N) is 1. The third kappa shape index (κ3) is 4.25. The lowest BCUT2D eigenvalue weighted by atomic mass is 9.93. The van der Waals surface area contributed by atoms with Gasteiger partial charge in [-0.05, 0) is 38.3 Å². The SMILES string of the molecule is O=C(CC1CCN(Cc2nnc3n2CCC3)CC1)NCC(F)F. The summed E-state index contributed by atoms with van der Waals surface area (Å²) >= 11 is 0. The van der Waals surface area contributed by atoms with Crippen molar-refractivity contribution in [3.05, 3.63) is 11.6 Å². The molecule has 6 nitrogen and oxygen atoms in total. The number of aryl methyl sites for hydroxylation is 1. The van der Waals surface area contributed by atoms with E-state index in [1.807, 2.05) is 0 Å². The number of likely N-dealkylation sites (tertiary alicyclic amines) is 1. The van der Waals surface area contributed by atoms with Crippen LogP contribution in [0.2, 0.25) is 0 Å². The van der Waals surface area contributed by atoms with Crippen LogP contribution in [0.1, 0.15) is 37.3 Å². The van der Waals surface area contributed by atoms with Crippen LogP contribution in [0.5, 0.6) is 0 Å². The number of amides is 1. The van der Waals surface area contributed by atoms with E-state index >= 15 is 0 Å². The number of hydrogen-bond donors (Lipinski definition) is 1. The molecular formula is C15H23F2N5O. The van der Waals surface area contributed by atoms with Gasteiger partial charge in [-0.1, -0.05) is 0 Å². The zero-order valence-electron chi connectivity index (χ0n) is 13.2. The van der Waals surface area contributed by atoms with E-state index in [1.165, 1.54) is 0 Å². The van der Waals surface area contributed by atoms with Crippen LogP contribution >= 0.6 is 0 Å². The van der Waals surface area contributed by atoms with Crippen LogP contribution in [-0.4, -0.2) is 51.6 Å². The van der Waals surface area contributed by atoms with Gasteiger partial charge in [-0.25, -0.2) is 8.78 Å². The molecule has 2 aliphatic heterocycles. The number of rotatable bonds is 6. The van der Waals surface area contributed by atoms with Crippen LogP contribution in [-0.2, 0) is 24.3 Å². The smallest absolute Gasteiger partial charge is 0.255 e. The average Bonchev–Trinajstić information content (AvgIpc) is 3.12. The molecule has 2 aliphatic rings. The number of carbonyl (C=O) groups is 1. The number of nitrogens with zero attached hydrogens (tertiary/aromatic N) is 4. The molecule has 0 radical (unpaired) electrons. The highest BCUT2D eigenvalue weighted by molar-refractivity contribution is 5.76. The summed E-state index contributed by atoms with van der Waals surface area (Å²) in [6, 6.07) is 0. The minimum absolute atomic E-state index is 0.265. The van der Waals surface area contributed by atoms with Crippen LogP contribution in [0.25, 0.3) is 0 Å². The van der Waals surface area contributed by atoms with Gasteiger partial charge in [0.1, 0.15) is 11.6 Å². The summed E-state index contributed by atoms with van der Waals surface area (Å²) in [5.74, 6) is 2.14. The Kier molecular flexibility index (Phi) is 5.20. The van der Waals surface area contributed by atoms with Crippen LogP contribution in [0, 0.1) is 5.92 Å². The fourth-order valence-electron chi connectivity index (χ4n) is 3.40. The topological polar surface area (TPSA) is 63.1 Å². The van der Waals surface area contributed by atoms with Crippen molar-refractivity contribution in [2.45, 2.75) is 51.6 Å². The summed E-state index contributed by atoms with van der Waals surface area (Å²) in [5, 5.41) is 10.8. The van der Waals surface area contributed by atoms with Crippen molar-refractivity contribution in [2.24, 2.45) is 5.92 Å². The van der Waals surface area contributed by atoms with Crippen molar-refractivity contribution in [1.29, 1.82) is 0 Å². The molecule has 1 fully saturated rings. The molecule has 1 amide bonds. The highest BCUT2D eigenvalue weighted by Crippen LogP contribution is 2.22. The number of alkyl halides is 2. The summed E-state index contributed by atoms with van der Waals surface area (Å²) in [5.41, 5.74) is 0. The molecule has 128 valence electrons. The first-order valence-corrected chi connectivity index (χ1v) is 8.30. The fourth-order valence-corrected chi connectivity index (χ4v) is 3.40. The highest BCUT2D eigenvalue weighted by Gasteiger charge is 2.24. The summed E-state index contributed by atoms with van der Waals surface area (Å²) in [6.45, 7) is 3.09. The van der Waals surface area contributed by atoms with E-state index in [1.54, 1.807) is 0 Å². The van der Waals surface area contributed by atoms with Crippen molar-refractivity contribution in [2.75, 3.05) is 19.6 Å². The quantitative estimate of drug-likeness (QED) is 0.853. The van der Waals surface area contributed by atoms with E-state index in [0.29, 0.717) is 6.42 Å². The van der Waals surface area contributed by atoms with Gasteiger partial charge in [0, 0.05) is 19.4 Å². The lowest BCUT2D eigenvalue weighted by molar-refractivity contribution is -0.123. The van der Waals surface area contributed by atoms with Gasteiger partial charge in [0.05, 0.1) is 13.1 Å². The van der Waals surface area contributed by atoms with Gasteiger partial charge in [0.25, 0.3) is 6.43 Å². The number of piperidine rings is 1. The Hall–Kier alpha value is -1.57. The van der Waals surface area contributed by atoms with Crippen LogP contribution < -0.4 is 5.32 Å². The standard InChI is InChI=1S/C15H23F2N5O/c16-12(17)9-18-15(23)8-11-3-6-21(7-4-11)10-14-20-19-13-2-1-5-22(13)14/h11-12H,1-10H2,(H,18,23). The van der Waals surface area contributed by atoms with Gasteiger partial charge in [0.15, 0.2) is 0 Å². The molecular weight excluding hydrogens is 304 g/mol. The van der Waals surface area contributed by atoms with Crippen LogP contribution in [0.4, 0.5) is 8.78 Å². The minimum atomic E-state index is -2.48. The Morgan fingerprint density at radius 2 is 2.04 bits per heavy atom. The molecule has 1 aromatic heterocycles. The molecule has 0 saturated carbocycles. The van der Waals surface area contributed by atoms with E-state index in [2.05, 4.69) is 25.0 Å². The second-order valence-corrected chi connectivity index (χ2v) is 6.41. The monoisotopic (exact) mass is 327 g/mol. The summed E-state index contributed by atoms with van der Waals surface area (Å²) in [4.78, 5) is 13.9. The maximum atomic E-state index is 12.1. The van der Waals surface area contributed by atoms with Crippen molar-refractivity contribution in [3.8, 4) is 0 Å². The van der Waals surface area contributed by atoms with Crippen molar-refractivity contribution < 1.29 is 13.6 Å². The van der Waals surface area contributed by atoms with Crippen molar-refractivity contribution in [1.82, 2.24) is 25.0 Å². The molecule has 8 heteroatoms. The molecule has 3 heterocycles. The molecule has 0 aliphatic carbocycles. The first-order valence-electron chi connectivity index (χ1n) is 8.30. The Labute approximate surface area is 134 Å². The third-order valence-electron chi connectivity index (χ3n) is 4.69. The second-order valence-electron chi connectivity index (χ2n) is 6.41. The van der Waals surface area contributed by atoms with Crippen molar-refractivity contribution >= 4 is 5.91 Å². The maximum absolute atomic E-state index is 12.1. The fraction of sp³-hybridized carbons (Fsp3) is 0.800. The lowest BCUT2D eigenvalue weighted by Gasteiger charge is -2.31. The molecule has 0 unspecified atom stereocenters. The number of halogens is 2. The molecule has 0 aromatic carbocycles. The van der Waals surface area contributed by atoms with Gasteiger partial charge in [-0.2, -0.15) is 0 Å². The molecule has 0 spiro atoms. The molecule has 0 bridgehead atoms. The van der Waals surface area contributed by atoms with Crippen LogP contribution in [0.3, 0.4) is 0 Å². The summed E-state index contributed by atoms with van der Waals surface area (Å²) in [7, 11) is 0. The average molecular weight is 327 g/mol. The zero-order chi connectivity index (χ0) is 16.2. The normalized spacial score (nSPS) is 19.3. The summed E-state index contributed by atoms with van der Waals surface area (Å²) in [6.07, 6.45) is 1.87. The first kappa shape index (κ1) is 16.3. The van der Waals surface area contributed by atoms with E-state index in [-0.39, 0.29) is 11.8 Å². The van der Waals surface area contributed by atoms with E-state index in [0.717, 1.165) is 63.5 Å². The van der Waals surface area contributed by atoms with Gasteiger partial charge in [0.2, 0.25) is 5.91 Å². The predicted octanol–water partition coefficient (Wildman–Crippen LogP) is 1.21. The number of aromatic nitrogens is 3. The summed E-state index contributed by atoms with van der Waals surface area (Å²) < 4.78 is 26.3. The van der Waals surface area contributed by atoms with E-state index in [4.69, 9.17) is 0 Å². The molecule has 1 N–H and O–H groups in total. The second kappa shape index (κ2) is 7.33. The molecule has 1 saturated heterocycles. The predicted molar refractivity (Wildman–Crippen MR) is 80.0 cm³/mol. The molecule has 3 rings (SSSR count). The number of carbonyl (C=O) groups excluding carboxylic acids is 1. The van der Waals surface area contributed by atoms with Gasteiger partial charge in [-0.15, -0.1) is 10.2 Å². The van der Waals surface area contributed by atoms with Crippen LogP contribution in [0.15, 0.2) is 0 Å². The highest BCUT2D eigenvalue weighted by atomic mass is 19.3. The Balaban J connectivity index is 1.41. The first-order chi connectivity index (χ1) is 11.1. The third-order valence-corrected chi connectivity index (χ3v) is 4.69. The Bertz CT molecular complexity index is 540. The van der Waals surface area contributed by atoms with Gasteiger partial charge < -0.3 is 9.88 Å². The Morgan fingerprint density at radius 1 is 1.26 bits per heavy atom. The van der Waals surface area contributed by atoms with E-state index in [9.17, 15) is 13.6 Å². The number of fused-ring (bicyclic) bond motifs is 1. The molecule has 1 aromatic rings. The molecule has 23 heavy (non-hydrogen) atoms. The minimum Gasteiger partial charge on any atom is -0.350 e. The zero-order valence-corrected chi connectivity index (χ0v) is 13.2. The van der Waals surface area contributed by atoms with Crippen molar-refractivity contribution in [3.63, 3.8) is 0 Å².